The van der Waals surface area contributed by atoms with Crippen molar-refractivity contribution in [3.05, 3.63) is 0 Å². The number of rotatable bonds is 11. The molecule has 21 heavy (non-hydrogen) atoms. The predicted molar refractivity (Wildman–Crippen MR) is 93.6 cm³/mol. The highest BCUT2D eigenvalue weighted by molar-refractivity contribution is 6.07. The molecule has 0 bridgehead atoms. The van der Waals surface area contributed by atoms with E-state index in [1.165, 1.54) is 58.2 Å². The topological polar surface area (TPSA) is 9.49 Å². The minimum Gasteiger partial charge on any atom is -0.293 e. The van der Waals surface area contributed by atoms with Gasteiger partial charge in [0, 0.05) is 6.42 Å². The van der Waals surface area contributed by atoms with E-state index in [9.17, 15) is 0 Å². The summed E-state index contributed by atoms with van der Waals surface area (Å²) in [4.78, 5) is 5.16. The molecule has 0 spiro atoms. The average molecular weight is 297 g/mol. The second kappa shape index (κ2) is 9.58. The third-order valence-electron chi connectivity index (χ3n) is 4.76. The van der Waals surface area contributed by atoms with Crippen molar-refractivity contribution in [1.29, 1.82) is 0 Å². The molecule has 0 saturated heterocycles. The highest BCUT2D eigenvalue weighted by atomic mass is 15.3. The Morgan fingerprint density at radius 3 is 1.62 bits per heavy atom. The number of nitrogens with zero attached hydrogens (tertiary/aromatic N) is 3. The second-order valence-electron chi connectivity index (χ2n) is 6.76. The summed E-state index contributed by atoms with van der Waals surface area (Å²) in [6.07, 6.45) is 7.78. The Morgan fingerprint density at radius 1 is 0.810 bits per heavy atom. The van der Waals surface area contributed by atoms with Crippen molar-refractivity contribution in [2.24, 2.45) is 0 Å². The summed E-state index contributed by atoms with van der Waals surface area (Å²) in [6, 6.07) is 1.31. The minimum absolute atomic E-state index is 0.653. The van der Waals surface area contributed by atoms with Crippen molar-refractivity contribution in [3.63, 3.8) is 0 Å². The highest BCUT2D eigenvalue weighted by Crippen LogP contribution is 2.29. The van der Waals surface area contributed by atoms with Crippen LogP contribution < -0.4 is 0 Å². The van der Waals surface area contributed by atoms with Crippen LogP contribution in [0.2, 0.25) is 0 Å². The lowest BCUT2D eigenvalue weighted by molar-refractivity contribution is -0.496. The molecular weight excluding hydrogens is 258 g/mol. The van der Waals surface area contributed by atoms with Crippen LogP contribution in [0, 0.1) is 0 Å². The van der Waals surface area contributed by atoms with Crippen LogP contribution in [0.1, 0.15) is 59.3 Å². The molecule has 0 heterocycles. The van der Waals surface area contributed by atoms with Crippen LogP contribution in [-0.4, -0.2) is 72.9 Å². The second-order valence-corrected chi connectivity index (χ2v) is 6.76. The van der Waals surface area contributed by atoms with E-state index in [4.69, 9.17) is 0 Å². The maximum atomic E-state index is 2.58. The van der Waals surface area contributed by atoms with Gasteiger partial charge in [0.1, 0.15) is 25.7 Å². The van der Waals surface area contributed by atoms with Gasteiger partial charge >= 0.3 is 0 Å². The molecule has 3 heteroatoms. The van der Waals surface area contributed by atoms with Gasteiger partial charge in [0.25, 0.3) is 0 Å². The van der Waals surface area contributed by atoms with E-state index < -0.39 is 0 Å². The van der Waals surface area contributed by atoms with E-state index in [0.29, 0.717) is 12.1 Å². The van der Waals surface area contributed by atoms with Gasteiger partial charge < -0.3 is 0 Å². The van der Waals surface area contributed by atoms with E-state index in [-0.39, 0.29) is 0 Å². The fourth-order valence-corrected chi connectivity index (χ4v) is 3.23. The first-order valence-electron chi connectivity index (χ1n) is 9.06. The van der Waals surface area contributed by atoms with Gasteiger partial charge in [0.05, 0.1) is 0 Å². The number of unbranched alkanes of at least 4 members (excludes halogenated alkanes) is 3. The lowest BCUT2D eigenvalue weighted by Crippen LogP contribution is -2.31. The fourth-order valence-electron chi connectivity index (χ4n) is 3.23. The molecule has 0 amide bonds. The summed E-state index contributed by atoms with van der Waals surface area (Å²) < 4.78 is 2.53. The first-order valence-corrected chi connectivity index (χ1v) is 9.06. The van der Waals surface area contributed by atoms with E-state index >= 15 is 0 Å². The van der Waals surface area contributed by atoms with Crippen LogP contribution in [-0.2, 0) is 0 Å². The van der Waals surface area contributed by atoms with Gasteiger partial charge in [-0.25, -0.2) is 4.58 Å². The van der Waals surface area contributed by atoms with Crippen LogP contribution in [0.3, 0.4) is 0 Å². The smallest absolute Gasteiger partial charge is 0.191 e. The monoisotopic (exact) mass is 296 g/mol. The van der Waals surface area contributed by atoms with Crippen LogP contribution in [0.5, 0.6) is 0 Å². The van der Waals surface area contributed by atoms with Crippen LogP contribution in [0.15, 0.2) is 0 Å². The Balaban J connectivity index is 2.71. The zero-order valence-electron chi connectivity index (χ0n) is 15.4. The minimum atomic E-state index is 0.653. The Hall–Kier alpha value is -0.410. The molecule has 0 aromatic carbocycles. The molecule has 0 aromatic heterocycles. The summed E-state index contributed by atoms with van der Waals surface area (Å²) in [6.45, 7) is 10.5. The standard InChI is InChI=1S/C18H38N3/c1-7-10-13-19(4)16-17(20(5)14-11-8-2)18(16)21(6)15-12-9-3/h16-17H,7-15H2,1-6H3/q+1. The summed E-state index contributed by atoms with van der Waals surface area (Å²) in [5.41, 5.74) is 1.65. The molecule has 1 saturated carbocycles. The molecule has 1 rings (SSSR count). The van der Waals surface area contributed by atoms with Gasteiger partial charge in [-0.05, 0) is 40.0 Å². The van der Waals surface area contributed by atoms with Crippen molar-refractivity contribution in [2.45, 2.75) is 71.4 Å². The summed E-state index contributed by atoms with van der Waals surface area (Å²) in [7, 11) is 6.91. The van der Waals surface area contributed by atoms with E-state index in [2.05, 4.69) is 56.3 Å². The van der Waals surface area contributed by atoms with Gasteiger partial charge in [-0.1, -0.05) is 40.0 Å². The van der Waals surface area contributed by atoms with Crippen molar-refractivity contribution >= 4 is 5.71 Å². The third-order valence-corrected chi connectivity index (χ3v) is 4.76. The number of likely N-dealkylation sites (N-methyl/N-ethyl adjacent to an activating group) is 2. The molecule has 3 nitrogen and oxygen atoms in total. The van der Waals surface area contributed by atoms with Gasteiger partial charge in [0.15, 0.2) is 5.71 Å². The Kier molecular flexibility index (Phi) is 8.50. The lowest BCUT2D eigenvalue weighted by atomic mass is 10.3. The average Bonchev–Trinajstić information content (AvgIpc) is 3.23. The van der Waals surface area contributed by atoms with Gasteiger partial charge in [0.2, 0.25) is 0 Å². The van der Waals surface area contributed by atoms with Gasteiger partial charge in [-0.15, -0.1) is 0 Å². The van der Waals surface area contributed by atoms with Crippen LogP contribution in [0.4, 0.5) is 0 Å². The van der Waals surface area contributed by atoms with Crippen LogP contribution in [0.25, 0.3) is 0 Å². The van der Waals surface area contributed by atoms with E-state index in [1.54, 1.807) is 5.71 Å². The maximum absolute atomic E-state index is 2.58. The first kappa shape index (κ1) is 18.6. The SMILES string of the molecule is CCCCN(C)C1C(=[N+](C)CCCC)C1N(C)CCCC. The highest BCUT2D eigenvalue weighted by Gasteiger charge is 2.57. The molecular formula is C18H38N3+. The number of hydrogen-bond donors (Lipinski definition) is 0. The molecule has 0 N–H and O–H groups in total. The van der Waals surface area contributed by atoms with Gasteiger partial charge in [-0.2, -0.15) is 0 Å². The molecule has 0 aromatic rings. The Morgan fingerprint density at radius 2 is 1.24 bits per heavy atom. The van der Waals surface area contributed by atoms with Crippen molar-refractivity contribution < 1.29 is 4.58 Å². The molecule has 124 valence electrons. The zero-order chi connectivity index (χ0) is 15.8. The van der Waals surface area contributed by atoms with E-state index in [0.717, 1.165) is 0 Å². The van der Waals surface area contributed by atoms with E-state index in [1.807, 2.05) is 0 Å². The van der Waals surface area contributed by atoms with Crippen molar-refractivity contribution in [2.75, 3.05) is 40.8 Å². The summed E-state index contributed by atoms with van der Waals surface area (Å²) in [5, 5.41) is 0. The van der Waals surface area contributed by atoms with Crippen molar-refractivity contribution in [1.82, 2.24) is 9.80 Å². The van der Waals surface area contributed by atoms with Gasteiger partial charge in [-0.3, -0.25) is 9.80 Å². The molecule has 1 fully saturated rings. The summed E-state index contributed by atoms with van der Waals surface area (Å²) in [5.74, 6) is 0. The molecule has 1 aliphatic carbocycles. The molecule has 0 aliphatic heterocycles. The van der Waals surface area contributed by atoms with Crippen LogP contribution >= 0.6 is 0 Å². The molecule has 2 unspecified atom stereocenters. The van der Waals surface area contributed by atoms with Crippen molar-refractivity contribution in [3.8, 4) is 0 Å². The zero-order valence-corrected chi connectivity index (χ0v) is 15.4. The quantitative estimate of drug-likeness (QED) is 0.542. The largest absolute Gasteiger partial charge is 0.293 e. The summed E-state index contributed by atoms with van der Waals surface area (Å²) >= 11 is 0. The molecule has 1 aliphatic rings. The maximum Gasteiger partial charge on any atom is 0.191 e. The molecule has 2 atom stereocenters. The predicted octanol–water partition coefficient (Wildman–Crippen LogP) is 3.08. The Bertz CT molecular complexity index is 302. The number of hydrogen-bond acceptors (Lipinski definition) is 2. The first-order chi connectivity index (χ1) is 10.1. The fraction of sp³-hybridized carbons (Fsp3) is 0.944. The lowest BCUT2D eigenvalue weighted by Gasteiger charge is -2.18. The third kappa shape index (κ3) is 5.37. The normalized spacial score (nSPS) is 21.4. The Labute approximate surface area is 133 Å². The molecule has 0 radical (unpaired) electrons.